The van der Waals surface area contributed by atoms with Crippen LogP contribution in [0.3, 0.4) is 0 Å². The summed E-state index contributed by atoms with van der Waals surface area (Å²) in [4.78, 5) is 11.4. The van der Waals surface area contributed by atoms with Crippen LogP contribution in [-0.4, -0.2) is 12.6 Å². The van der Waals surface area contributed by atoms with E-state index in [2.05, 4.69) is 0 Å². The highest BCUT2D eigenvalue weighted by Crippen LogP contribution is 2.26. The lowest BCUT2D eigenvalue weighted by Gasteiger charge is -2.12. The van der Waals surface area contributed by atoms with Crippen LogP contribution < -0.4 is 4.74 Å². The molecule has 0 radical (unpaired) electrons. The highest BCUT2D eigenvalue weighted by molar-refractivity contribution is 5.69. The van der Waals surface area contributed by atoms with Gasteiger partial charge in [0, 0.05) is 6.42 Å². The average Bonchev–Trinajstić information content (AvgIpc) is 2.74. The first-order valence-electron chi connectivity index (χ1n) is 10.3. The lowest BCUT2D eigenvalue weighted by molar-refractivity contribution is -0.143. The average molecular weight is 406 g/mol. The fourth-order valence-electron chi connectivity index (χ4n) is 3.28. The summed E-state index contributed by atoms with van der Waals surface area (Å²) in [6.45, 7) is 4.55. The highest BCUT2D eigenvalue weighted by atomic mass is 19.1. The third kappa shape index (κ3) is 6.18. The molecule has 0 aromatic heterocycles. The number of carbonyl (C=O) groups excluding carboxylic acids is 1. The van der Waals surface area contributed by atoms with Gasteiger partial charge in [-0.05, 0) is 73.2 Å². The summed E-state index contributed by atoms with van der Waals surface area (Å²) in [6.07, 6.45) is 1.98. The zero-order chi connectivity index (χ0) is 21.3. The van der Waals surface area contributed by atoms with Gasteiger partial charge in [0.25, 0.3) is 0 Å². The van der Waals surface area contributed by atoms with E-state index in [0.717, 1.165) is 40.8 Å². The molecule has 3 nitrogen and oxygen atoms in total. The summed E-state index contributed by atoms with van der Waals surface area (Å²) in [6, 6.07) is 20.8. The van der Waals surface area contributed by atoms with Crippen LogP contribution in [0.2, 0.25) is 0 Å². The van der Waals surface area contributed by atoms with Crippen LogP contribution in [-0.2, 0) is 22.6 Å². The first-order valence-corrected chi connectivity index (χ1v) is 10.3. The Morgan fingerprint density at radius 3 is 2.40 bits per heavy atom. The molecule has 0 unspecified atom stereocenters. The third-order valence-electron chi connectivity index (χ3n) is 4.90. The number of ether oxygens (including phenoxy) is 2. The van der Waals surface area contributed by atoms with Crippen LogP contribution >= 0.6 is 0 Å². The molecule has 0 bridgehead atoms. The van der Waals surface area contributed by atoms with Crippen molar-refractivity contribution in [1.82, 2.24) is 0 Å². The summed E-state index contributed by atoms with van der Waals surface area (Å²) >= 11 is 0. The minimum absolute atomic E-state index is 0.156. The number of esters is 1. The number of aryl methyl sites for hydroxylation is 2. The van der Waals surface area contributed by atoms with Crippen molar-refractivity contribution in [2.75, 3.05) is 6.61 Å². The standard InChI is InChI=1S/C26H27FO3/c1-3-29-26(28)6-4-5-20-9-14-24(15-10-20)30-18-22-17-23(27)13-16-25(22)21-11-7-19(2)8-12-21/h7-17H,3-6,18H2,1-2H3. The van der Waals surface area contributed by atoms with Gasteiger partial charge in [0.15, 0.2) is 0 Å². The summed E-state index contributed by atoms with van der Waals surface area (Å²) in [5.74, 6) is 0.293. The molecule has 0 saturated carbocycles. The van der Waals surface area contributed by atoms with E-state index in [1.165, 1.54) is 17.7 Å². The fraction of sp³-hybridized carbons (Fsp3) is 0.269. The van der Waals surface area contributed by atoms with Crippen molar-refractivity contribution in [2.24, 2.45) is 0 Å². The molecule has 0 fully saturated rings. The van der Waals surface area contributed by atoms with Gasteiger partial charge in [0.05, 0.1) is 6.61 Å². The predicted molar refractivity (Wildman–Crippen MR) is 117 cm³/mol. The van der Waals surface area contributed by atoms with Gasteiger partial charge < -0.3 is 9.47 Å². The molecular weight excluding hydrogens is 379 g/mol. The molecule has 0 heterocycles. The molecule has 0 saturated heterocycles. The Morgan fingerprint density at radius 1 is 0.967 bits per heavy atom. The Labute approximate surface area is 177 Å². The van der Waals surface area contributed by atoms with Crippen molar-refractivity contribution >= 4 is 5.97 Å². The largest absolute Gasteiger partial charge is 0.489 e. The van der Waals surface area contributed by atoms with Gasteiger partial charge in [0.1, 0.15) is 18.2 Å². The Balaban J connectivity index is 1.61. The summed E-state index contributed by atoms with van der Waals surface area (Å²) in [5.41, 5.74) is 5.12. The van der Waals surface area contributed by atoms with Gasteiger partial charge >= 0.3 is 5.97 Å². The lowest BCUT2D eigenvalue weighted by atomic mass is 9.99. The maximum atomic E-state index is 13.8. The number of carbonyl (C=O) groups is 1. The molecule has 0 spiro atoms. The zero-order valence-electron chi connectivity index (χ0n) is 17.5. The van der Waals surface area contributed by atoms with Gasteiger partial charge in [-0.3, -0.25) is 4.79 Å². The Morgan fingerprint density at radius 2 is 1.70 bits per heavy atom. The second kappa shape index (κ2) is 10.6. The van der Waals surface area contributed by atoms with Crippen LogP contribution in [0.25, 0.3) is 11.1 Å². The van der Waals surface area contributed by atoms with E-state index in [9.17, 15) is 9.18 Å². The minimum atomic E-state index is -0.276. The van der Waals surface area contributed by atoms with E-state index >= 15 is 0 Å². The van der Waals surface area contributed by atoms with Crippen LogP contribution in [0, 0.1) is 12.7 Å². The molecule has 0 aliphatic heterocycles. The minimum Gasteiger partial charge on any atom is -0.489 e. The van der Waals surface area contributed by atoms with Crippen molar-refractivity contribution in [3.8, 4) is 16.9 Å². The molecule has 3 rings (SSSR count). The smallest absolute Gasteiger partial charge is 0.305 e. The molecule has 0 N–H and O–H groups in total. The van der Waals surface area contributed by atoms with Crippen LogP contribution in [0.5, 0.6) is 5.75 Å². The predicted octanol–water partition coefficient (Wildman–Crippen LogP) is 6.27. The monoisotopic (exact) mass is 406 g/mol. The first kappa shape index (κ1) is 21.6. The van der Waals surface area contributed by atoms with E-state index in [0.29, 0.717) is 13.0 Å². The van der Waals surface area contributed by atoms with Crippen LogP contribution in [0.1, 0.15) is 36.5 Å². The molecule has 30 heavy (non-hydrogen) atoms. The maximum absolute atomic E-state index is 13.8. The Hall–Kier alpha value is -3.14. The molecule has 0 amide bonds. The van der Waals surface area contributed by atoms with Crippen molar-refractivity contribution in [3.05, 3.63) is 89.2 Å². The van der Waals surface area contributed by atoms with Crippen LogP contribution in [0.15, 0.2) is 66.7 Å². The van der Waals surface area contributed by atoms with Gasteiger partial charge in [0.2, 0.25) is 0 Å². The molecule has 4 heteroatoms. The fourth-order valence-corrected chi connectivity index (χ4v) is 3.28. The van der Waals surface area contributed by atoms with E-state index in [1.54, 1.807) is 6.07 Å². The van der Waals surface area contributed by atoms with Crippen molar-refractivity contribution in [3.63, 3.8) is 0 Å². The van der Waals surface area contributed by atoms with Crippen molar-refractivity contribution in [2.45, 2.75) is 39.7 Å². The van der Waals surface area contributed by atoms with Crippen LogP contribution in [0.4, 0.5) is 4.39 Å². The van der Waals surface area contributed by atoms with E-state index in [1.807, 2.05) is 62.4 Å². The number of hydrogen-bond acceptors (Lipinski definition) is 3. The SMILES string of the molecule is CCOC(=O)CCCc1ccc(OCc2cc(F)ccc2-c2ccc(C)cc2)cc1. The van der Waals surface area contributed by atoms with Gasteiger partial charge in [-0.1, -0.05) is 48.0 Å². The molecule has 0 atom stereocenters. The Kier molecular flexibility index (Phi) is 7.61. The quantitative estimate of drug-likeness (QED) is 0.393. The maximum Gasteiger partial charge on any atom is 0.305 e. The third-order valence-corrected chi connectivity index (χ3v) is 4.90. The second-order valence-electron chi connectivity index (χ2n) is 7.26. The number of benzene rings is 3. The van der Waals surface area contributed by atoms with Crippen molar-refractivity contribution < 1.29 is 18.7 Å². The number of hydrogen-bond donors (Lipinski definition) is 0. The van der Waals surface area contributed by atoms with E-state index in [4.69, 9.17) is 9.47 Å². The summed E-state index contributed by atoms with van der Waals surface area (Å²) in [7, 11) is 0. The molecule has 0 aliphatic carbocycles. The normalized spacial score (nSPS) is 10.6. The topological polar surface area (TPSA) is 35.5 Å². The zero-order valence-corrected chi connectivity index (χ0v) is 17.5. The second-order valence-corrected chi connectivity index (χ2v) is 7.26. The van der Waals surface area contributed by atoms with Gasteiger partial charge in [-0.15, -0.1) is 0 Å². The highest BCUT2D eigenvalue weighted by Gasteiger charge is 2.08. The summed E-state index contributed by atoms with van der Waals surface area (Å²) < 4.78 is 24.7. The first-order chi connectivity index (χ1) is 14.5. The number of rotatable bonds is 9. The lowest BCUT2D eigenvalue weighted by Crippen LogP contribution is -2.04. The number of halogens is 1. The molecular formula is C26H27FO3. The van der Waals surface area contributed by atoms with E-state index < -0.39 is 0 Å². The molecule has 3 aromatic carbocycles. The van der Waals surface area contributed by atoms with Gasteiger partial charge in [-0.2, -0.15) is 0 Å². The van der Waals surface area contributed by atoms with E-state index in [-0.39, 0.29) is 18.4 Å². The van der Waals surface area contributed by atoms with Gasteiger partial charge in [-0.25, -0.2) is 4.39 Å². The van der Waals surface area contributed by atoms with Crippen molar-refractivity contribution in [1.29, 1.82) is 0 Å². The molecule has 0 aliphatic rings. The molecule has 156 valence electrons. The summed E-state index contributed by atoms with van der Waals surface area (Å²) in [5, 5.41) is 0. The molecule has 3 aromatic rings. The Bertz CT molecular complexity index is 963.